The predicted octanol–water partition coefficient (Wildman–Crippen LogP) is 3.45. The maximum Gasteiger partial charge on any atom is 0.261 e. The first kappa shape index (κ1) is 15.9. The number of anilines is 2. The van der Waals surface area contributed by atoms with Crippen molar-refractivity contribution in [3.05, 3.63) is 54.1 Å². The Balaban J connectivity index is 2.19. The molecule has 2 rings (SSSR count). The van der Waals surface area contributed by atoms with Crippen LogP contribution in [0.15, 0.2) is 53.4 Å². The lowest BCUT2D eigenvalue weighted by Gasteiger charge is -2.13. The van der Waals surface area contributed by atoms with Crippen molar-refractivity contribution >= 4 is 37.3 Å². The normalized spacial score (nSPS) is 11.2. The van der Waals surface area contributed by atoms with Gasteiger partial charge in [0.15, 0.2) is 0 Å². The van der Waals surface area contributed by atoms with Gasteiger partial charge in [-0.1, -0.05) is 28.1 Å². The largest absolute Gasteiger partial charge is 0.378 e. The molecule has 0 radical (unpaired) electrons. The van der Waals surface area contributed by atoms with E-state index in [1.807, 2.05) is 31.1 Å². The predicted molar refractivity (Wildman–Crippen MR) is 90.7 cm³/mol. The van der Waals surface area contributed by atoms with Crippen LogP contribution in [-0.4, -0.2) is 22.5 Å². The number of hydrogen-bond donors (Lipinski definition) is 1. The van der Waals surface area contributed by atoms with Gasteiger partial charge in [-0.15, -0.1) is 0 Å². The van der Waals surface area contributed by atoms with Crippen molar-refractivity contribution in [2.45, 2.75) is 10.2 Å². The molecule has 0 heterocycles. The van der Waals surface area contributed by atoms with Gasteiger partial charge in [0, 0.05) is 30.8 Å². The van der Waals surface area contributed by atoms with Gasteiger partial charge < -0.3 is 4.90 Å². The van der Waals surface area contributed by atoms with E-state index in [9.17, 15) is 8.42 Å². The Bertz CT molecular complexity index is 695. The van der Waals surface area contributed by atoms with E-state index in [-0.39, 0.29) is 4.90 Å². The van der Waals surface area contributed by atoms with E-state index >= 15 is 0 Å². The molecule has 0 saturated heterocycles. The molecule has 0 aliphatic heterocycles. The zero-order valence-electron chi connectivity index (χ0n) is 11.9. The number of rotatable bonds is 5. The van der Waals surface area contributed by atoms with Gasteiger partial charge in [-0.2, -0.15) is 0 Å². The molecule has 0 spiro atoms. The summed E-state index contributed by atoms with van der Waals surface area (Å²) >= 11 is 3.34. The van der Waals surface area contributed by atoms with E-state index < -0.39 is 10.0 Å². The molecule has 0 saturated carbocycles. The number of sulfonamides is 1. The van der Waals surface area contributed by atoms with Crippen molar-refractivity contribution in [3.8, 4) is 0 Å². The average Bonchev–Trinajstić information content (AvgIpc) is 2.47. The molecule has 0 atom stereocenters. The third kappa shape index (κ3) is 3.98. The molecule has 0 bridgehead atoms. The van der Waals surface area contributed by atoms with Crippen molar-refractivity contribution in [1.29, 1.82) is 0 Å². The monoisotopic (exact) mass is 368 g/mol. The fourth-order valence-corrected chi connectivity index (χ4v) is 3.23. The second-order valence-electron chi connectivity index (χ2n) is 4.82. The van der Waals surface area contributed by atoms with Crippen molar-refractivity contribution in [1.82, 2.24) is 0 Å². The van der Waals surface area contributed by atoms with Gasteiger partial charge >= 0.3 is 0 Å². The number of nitrogens with one attached hydrogen (secondary N) is 1. The van der Waals surface area contributed by atoms with Crippen LogP contribution < -0.4 is 9.62 Å². The summed E-state index contributed by atoms with van der Waals surface area (Å²) in [5, 5.41) is 0.701. The molecule has 4 nitrogen and oxygen atoms in total. The van der Waals surface area contributed by atoms with Crippen LogP contribution in [0, 0.1) is 0 Å². The zero-order valence-corrected chi connectivity index (χ0v) is 14.3. The Morgan fingerprint density at radius 2 is 1.57 bits per heavy atom. The highest BCUT2D eigenvalue weighted by atomic mass is 79.9. The number of benzene rings is 2. The van der Waals surface area contributed by atoms with E-state index in [2.05, 4.69) is 20.7 Å². The first-order valence-corrected chi connectivity index (χ1v) is 8.98. The summed E-state index contributed by atoms with van der Waals surface area (Å²) < 4.78 is 27.2. The second-order valence-corrected chi connectivity index (χ2v) is 7.07. The molecule has 2 aromatic carbocycles. The average molecular weight is 369 g/mol. The Morgan fingerprint density at radius 3 is 2.05 bits per heavy atom. The second kappa shape index (κ2) is 6.49. The highest BCUT2D eigenvalue weighted by Crippen LogP contribution is 2.20. The molecular weight excluding hydrogens is 352 g/mol. The first-order chi connectivity index (χ1) is 9.92. The number of alkyl halides is 1. The summed E-state index contributed by atoms with van der Waals surface area (Å²) in [5.41, 5.74) is 2.59. The summed E-state index contributed by atoms with van der Waals surface area (Å²) in [5.74, 6) is 0. The lowest BCUT2D eigenvalue weighted by molar-refractivity contribution is 0.601. The SMILES string of the molecule is CN(C)c1ccc(NS(=O)(=O)c2ccc(CBr)cc2)cc1. The van der Waals surface area contributed by atoms with Crippen LogP contribution in [0.1, 0.15) is 5.56 Å². The topological polar surface area (TPSA) is 49.4 Å². The van der Waals surface area contributed by atoms with Gasteiger partial charge in [0.2, 0.25) is 0 Å². The summed E-state index contributed by atoms with van der Waals surface area (Å²) in [6.07, 6.45) is 0. The molecule has 1 N–H and O–H groups in total. The smallest absolute Gasteiger partial charge is 0.261 e. The number of nitrogens with zero attached hydrogens (tertiary/aromatic N) is 1. The fraction of sp³-hybridized carbons (Fsp3) is 0.200. The Labute approximate surface area is 134 Å². The Kier molecular flexibility index (Phi) is 4.90. The van der Waals surface area contributed by atoms with Crippen LogP contribution in [0.2, 0.25) is 0 Å². The van der Waals surface area contributed by atoms with E-state index in [0.717, 1.165) is 11.3 Å². The number of hydrogen-bond acceptors (Lipinski definition) is 3. The van der Waals surface area contributed by atoms with E-state index in [1.165, 1.54) is 0 Å². The standard InChI is InChI=1S/C15H17BrN2O2S/c1-18(2)14-7-5-13(6-8-14)17-21(19,20)15-9-3-12(11-16)4-10-15/h3-10,17H,11H2,1-2H3. The molecule has 0 aromatic heterocycles. The highest BCUT2D eigenvalue weighted by molar-refractivity contribution is 9.08. The van der Waals surface area contributed by atoms with Gasteiger partial charge in [0.05, 0.1) is 4.90 Å². The minimum absolute atomic E-state index is 0.254. The summed E-state index contributed by atoms with van der Waals surface area (Å²) in [7, 11) is 0.320. The first-order valence-electron chi connectivity index (χ1n) is 6.37. The molecule has 6 heteroatoms. The molecular formula is C15H17BrN2O2S. The molecule has 0 fully saturated rings. The fourth-order valence-electron chi connectivity index (χ4n) is 1.80. The van der Waals surface area contributed by atoms with E-state index in [4.69, 9.17) is 0 Å². The Hall–Kier alpha value is -1.53. The van der Waals surface area contributed by atoms with Crippen LogP contribution in [0.3, 0.4) is 0 Å². The Morgan fingerprint density at radius 1 is 1.00 bits per heavy atom. The zero-order chi connectivity index (χ0) is 15.5. The molecule has 0 aliphatic carbocycles. The molecule has 0 aliphatic rings. The molecule has 21 heavy (non-hydrogen) atoms. The van der Waals surface area contributed by atoms with E-state index in [0.29, 0.717) is 11.0 Å². The van der Waals surface area contributed by atoms with Gasteiger partial charge in [-0.05, 0) is 42.0 Å². The van der Waals surface area contributed by atoms with Gasteiger partial charge in [0.25, 0.3) is 10.0 Å². The maximum absolute atomic E-state index is 12.3. The minimum Gasteiger partial charge on any atom is -0.378 e. The van der Waals surface area contributed by atoms with Crippen molar-refractivity contribution < 1.29 is 8.42 Å². The van der Waals surface area contributed by atoms with E-state index in [1.54, 1.807) is 36.4 Å². The van der Waals surface area contributed by atoms with Crippen molar-refractivity contribution in [3.63, 3.8) is 0 Å². The lowest BCUT2D eigenvalue weighted by Crippen LogP contribution is -2.13. The van der Waals surface area contributed by atoms with Gasteiger partial charge in [-0.3, -0.25) is 4.72 Å². The summed E-state index contributed by atoms with van der Waals surface area (Å²) in [6.45, 7) is 0. The molecule has 2 aromatic rings. The van der Waals surface area contributed by atoms with Crippen LogP contribution in [-0.2, 0) is 15.4 Å². The molecule has 112 valence electrons. The van der Waals surface area contributed by atoms with Crippen LogP contribution in [0.5, 0.6) is 0 Å². The van der Waals surface area contributed by atoms with Crippen molar-refractivity contribution in [2.75, 3.05) is 23.7 Å². The van der Waals surface area contributed by atoms with Crippen LogP contribution in [0.4, 0.5) is 11.4 Å². The quantitative estimate of drug-likeness (QED) is 0.822. The van der Waals surface area contributed by atoms with Gasteiger partial charge in [0.1, 0.15) is 0 Å². The maximum atomic E-state index is 12.3. The summed E-state index contributed by atoms with van der Waals surface area (Å²) in [6, 6.07) is 14.0. The van der Waals surface area contributed by atoms with Crippen LogP contribution in [0.25, 0.3) is 0 Å². The third-order valence-electron chi connectivity index (χ3n) is 3.02. The van der Waals surface area contributed by atoms with Crippen LogP contribution >= 0.6 is 15.9 Å². The highest BCUT2D eigenvalue weighted by Gasteiger charge is 2.13. The minimum atomic E-state index is -3.55. The number of halogens is 1. The van der Waals surface area contributed by atoms with Crippen molar-refractivity contribution in [2.24, 2.45) is 0 Å². The molecule has 0 unspecified atom stereocenters. The molecule has 0 amide bonds. The lowest BCUT2D eigenvalue weighted by atomic mass is 10.2. The third-order valence-corrected chi connectivity index (χ3v) is 5.07. The van der Waals surface area contributed by atoms with Gasteiger partial charge in [-0.25, -0.2) is 8.42 Å². The summed E-state index contributed by atoms with van der Waals surface area (Å²) in [4.78, 5) is 2.21.